The molecule has 0 aliphatic carbocycles. The number of ether oxygens (including phenoxy) is 1. The molecule has 1 aliphatic heterocycles. The molecule has 3 rings (SSSR count). The number of carbonyl (C=O) groups is 1. The van der Waals surface area contributed by atoms with Crippen LogP contribution in [0.15, 0.2) is 48.5 Å². The van der Waals surface area contributed by atoms with Crippen LogP contribution in [0.4, 0.5) is 10.1 Å². The van der Waals surface area contributed by atoms with E-state index >= 15 is 0 Å². The van der Waals surface area contributed by atoms with Crippen LogP contribution in [-0.2, 0) is 0 Å². The molecule has 1 amide bonds. The summed E-state index contributed by atoms with van der Waals surface area (Å²) in [6, 6.07) is 13.6. The van der Waals surface area contributed by atoms with Gasteiger partial charge in [-0.1, -0.05) is 18.2 Å². The van der Waals surface area contributed by atoms with Gasteiger partial charge in [-0.15, -0.1) is 0 Å². The highest BCUT2D eigenvalue weighted by molar-refractivity contribution is 7.80. The molecule has 0 radical (unpaired) electrons. The Bertz CT molecular complexity index is 822. The van der Waals surface area contributed by atoms with Crippen LogP contribution >= 0.6 is 12.2 Å². The molecule has 0 unspecified atom stereocenters. The van der Waals surface area contributed by atoms with Crippen molar-refractivity contribution in [2.75, 3.05) is 25.5 Å². The zero-order chi connectivity index (χ0) is 19.2. The first-order valence-corrected chi connectivity index (χ1v) is 9.23. The maximum absolute atomic E-state index is 13.7. The summed E-state index contributed by atoms with van der Waals surface area (Å²) >= 11 is 5.49. The number of rotatable bonds is 4. The number of carbonyl (C=O) groups excluding carboxylic acids is 1. The first kappa shape index (κ1) is 19.1. The third-order valence-corrected chi connectivity index (χ3v) is 4.92. The second-order valence-corrected chi connectivity index (χ2v) is 6.76. The molecule has 142 valence electrons. The van der Waals surface area contributed by atoms with Gasteiger partial charge in [0.1, 0.15) is 11.6 Å². The summed E-state index contributed by atoms with van der Waals surface area (Å²) in [6.45, 7) is 1.44. The summed E-state index contributed by atoms with van der Waals surface area (Å²) in [5.41, 5.74) is 0.949. The zero-order valence-corrected chi connectivity index (χ0v) is 15.9. The summed E-state index contributed by atoms with van der Waals surface area (Å²) in [5.74, 6) is -0.114. The van der Waals surface area contributed by atoms with Crippen LogP contribution in [0.5, 0.6) is 5.75 Å². The lowest BCUT2D eigenvalue weighted by atomic mass is 10.0. The highest BCUT2D eigenvalue weighted by atomic mass is 32.1. The Balaban J connectivity index is 1.50. The fourth-order valence-corrected chi connectivity index (χ4v) is 3.34. The standard InChI is InChI=1S/C20H22FN3O2S/c1-26-16-6-4-5-15(13-16)23-20(27)24-11-9-14(10-12-24)22-19(25)17-7-2-3-8-18(17)21/h2-8,13-14H,9-12H2,1H3,(H,22,25)(H,23,27). The van der Waals surface area contributed by atoms with Gasteiger partial charge in [-0.25, -0.2) is 4.39 Å². The van der Waals surface area contributed by atoms with Crippen LogP contribution in [0, 0.1) is 5.82 Å². The Hall–Kier alpha value is -2.67. The van der Waals surface area contributed by atoms with Gasteiger partial charge in [-0.05, 0) is 49.3 Å². The van der Waals surface area contributed by atoms with E-state index in [1.165, 1.54) is 12.1 Å². The van der Waals surface area contributed by atoms with Crippen LogP contribution in [0.1, 0.15) is 23.2 Å². The molecule has 0 bridgehead atoms. The van der Waals surface area contributed by atoms with Gasteiger partial charge in [0.2, 0.25) is 0 Å². The molecule has 0 atom stereocenters. The molecule has 5 nitrogen and oxygen atoms in total. The van der Waals surface area contributed by atoms with Crippen LogP contribution < -0.4 is 15.4 Å². The summed E-state index contributed by atoms with van der Waals surface area (Å²) in [4.78, 5) is 14.3. The molecular weight excluding hydrogens is 365 g/mol. The quantitative estimate of drug-likeness (QED) is 0.788. The topological polar surface area (TPSA) is 53.6 Å². The number of nitrogens with zero attached hydrogens (tertiary/aromatic N) is 1. The molecule has 0 saturated carbocycles. The van der Waals surface area contributed by atoms with E-state index in [2.05, 4.69) is 15.5 Å². The van der Waals surface area contributed by atoms with Gasteiger partial charge < -0.3 is 20.3 Å². The Morgan fingerprint density at radius 2 is 1.93 bits per heavy atom. The number of benzene rings is 2. The monoisotopic (exact) mass is 387 g/mol. The molecule has 2 aromatic rings. The fourth-order valence-electron chi connectivity index (χ4n) is 3.04. The van der Waals surface area contributed by atoms with Crippen LogP contribution in [0.3, 0.4) is 0 Å². The average Bonchev–Trinajstić information content (AvgIpc) is 2.69. The van der Waals surface area contributed by atoms with E-state index in [0.717, 1.165) is 37.4 Å². The minimum atomic E-state index is -0.504. The average molecular weight is 387 g/mol. The maximum atomic E-state index is 13.7. The lowest BCUT2D eigenvalue weighted by Gasteiger charge is -2.34. The van der Waals surface area contributed by atoms with E-state index in [9.17, 15) is 9.18 Å². The van der Waals surface area contributed by atoms with Crippen LogP contribution in [0.2, 0.25) is 0 Å². The predicted molar refractivity (Wildman–Crippen MR) is 108 cm³/mol. The van der Waals surface area contributed by atoms with Gasteiger partial charge in [0.25, 0.3) is 5.91 Å². The number of likely N-dealkylation sites (tertiary alicyclic amines) is 1. The number of methoxy groups -OCH3 is 1. The zero-order valence-electron chi connectivity index (χ0n) is 15.1. The van der Waals surface area contributed by atoms with E-state index in [1.54, 1.807) is 19.2 Å². The SMILES string of the molecule is COc1cccc(NC(=S)N2CCC(NC(=O)c3ccccc3F)CC2)c1. The molecule has 7 heteroatoms. The molecule has 1 fully saturated rings. The van der Waals surface area contributed by atoms with Crippen molar-refractivity contribution in [1.82, 2.24) is 10.2 Å². The van der Waals surface area contributed by atoms with Gasteiger partial charge in [0.05, 0.1) is 12.7 Å². The van der Waals surface area contributed by atoms with Crippen molar-refractivity contribution >= 4 is 28.9 Å². The third-order valence-electron chi connectivity index (χ3n) is 4.56. The molecule has 0 spiro atoms. The largest absolute Gasteiger partial charge is 0.497 e. The van der Waals surface area contributed by atoms with E-state index in [0.29, 0.717) is 5.11 Å². The Labute approximate surface area is 163 Å². The van der Waals surface area contributed by atoms with Gasteiger partial charge in [-0.3, -0.25) is 4.79 Å². The summed E-state index contributed by atoms with van der Waals surface area (Å²) in [5, 5.41) is 6.77. The van der Waals surface area contributed by atoms with Crippen molar-refractivity contribution in [3.63, 3.8) is 0 Å². The predicted octanol–water partition coefficient (Wildman–Crippen LogP) is 3.43. The van der Waals surface area contributed by atoms with Gasteiger partial charge in [0, 0.05) is 30.9 Å². The maximum Gasteiger partial charge on any atom is 0.254 e. The van der Waals surface area contributed by atoms with Crippen molar-refractivity contribution in [1.29, 1.82) is 0 Å². The molecule has 0 aromatic heterocycles. The van der Waals surface area contributed by atoms with Crippen LogP contribution in [-0.4, -0.2) is 42.2 Å². The van der Waals surface area contributed by atoms with E-state index in [-0.39, 0.29) is 17.5 Å². The summed E-state index contributed by atoms with van der Waals surface area (Å²) in [7, 11) is 1.62. The number of hydrogen-bond acceptors (Lipinski definition) is 3. The fraction of sp³-hybridized carbons (Fsp3) is 0.300. The highest BCUT2D eigenvalue weighted by Gasteiger charge is 2.23. The smallest absolute Gasteiger partial charge is 0.254 e. The van der Waals surface area contributed by atoms with Crippen molar-refractivity contribution in [3.05, 3.63) is 59.9 Å². The van der Waals surface area contributed by atoms with Gasteiger partial charge in [-0.2, -0.15) is 0 Å². The number of amides is 1. The number of nitrogens with one attached hydrogen (secondary N) is 2. The molecule has 1 heterocycles. The Kier molecular flexibility index (Phi) is 6.24. The van der Waals surface area contributed by atoms with Crippen molar-refractivity contribution in [3.8, 4) is 5.75 Å². The number of hydrogen-bond donors (Lipinski definition) is 2. The lowest BCUT2D eigenvalue weighted by molar-refractivity contribution is 0.0918. The first-order valence-electron chi connectivity index (χ1n) is 8.82. The minimum Gasteiger partial charge on any atom is -0.497 e. The van der Waals surface area contributed by atoms with Gasteiger partial charge >= 0.3 is 0 Å². The van der Waals surface area contributed by atoms with E-state index in [4.69, 9.17) is 17.0 Å². The normalized spacial score (nSPS) is 14.5. The van der Waals surface area contributed by atoms with E-state index < -0.39 is 5.82 Å². The van der Waals surface area contributed by atoms with Crippen molar-refractivity contribution in [2.45, 2.75) is 18.9 Å². The molecular formula is C20H22FN3O2S. The number of halogens is 1. The summed E-state index contributed by atoms with van der Waals surface area (Å²) < 4.78 is 18.9. The highest BCUT2D eigenvalue weighted by Crippen LogP contribution is 2.19. The molecule has 1 aliphatic rings. The number of piperidine rings is 1. The van der Waals surface area contributed by atoms with Crippen LogP contribution in [0.25, 0.3) is 0 Å². The molecule has 27 heavy (non-hydrogen) atoms. The lowest BCUT2D eigenvalue weighted by Crippen LogP contribution is -2.47. The Morgan fingerprint density at radius 3 is 2.63 bits per heavy atom. The first-order chi connectivity index (χ1) is 13.1. The van der Waals surface area contributed by atoms with Crippen molar-refractivity contribution in [2.24, 2.45) is 0 Å². The number of thiocarbonyl (C=S) groups is 1. The van der Waals surface area contributed by atoms with Crippen molar-refractivity contribution < 1.29 is 13.9 Å². The summed E-state index contributed by atoms with van der Waals surface area (Å²) in [6.07, 6.45) is 1.50. The van der Waals surface area contributed by atoms with Gasteiger partial charge in [0.15, 0.2) is 5.11 Å². The second-order valence-electron chi connectivity index (χ2n) is 6.38. The second kappa shape index (κ2) is 8.81. The third kappa shape index (κ3) is 4.95. The minimum absolute atomic E-state index is 0.00738. The Morgan fingerprint density at radius 1 is 1.19 bits per heavy atom. The molecule has 2 N–H and O–H groups in total. The molecule has 1 saturated heterocycles. The van der Waals surface area contributed by atoms with E-state index in [1.807, 2.05) is 24.3 Å². The molecule has 2 aromatic carbocycles. The number of anilines is 1.